The zero-order chi connectivity index (χ0) is 16.7. The Morgan fingerprint density at radius 1 is 0.739 bits per heavy atom. The molecular weight excluding hydrogens is 282 g/mol. The monoisotopic (exact) mass is 311 g/mol. The first-order valence-electron chi connectivity index (χ1n) is 8.72. The molecule has 3 nitrogen and oxygen atoms in total. The minimum absolute atomic E-state index is 0.702. The summed E-state index contributed by atoms with van der Waals surface area (Å²) in [5.41, 5.74) is 2.28. The molecule has 2 rings (SSSR count). The number of aryl methyl sites for hydroxylation is 2. The number of hydrogen-bond acceptors (Lipinski definition) is 3. The van der Waals surface area contributed by atoms with Crippen molar-refractivity contribution in [3.63, 3.8) is 0 Å². The lowest BCUT2D eigenvalue weighted by atomic mass is 10.1. The summed E-state index contributed by atoms with van der Waals surface area (Å²) in [5.74, 6) is 3.15. The minimum Gasteiger partial charge on any atom is -0.325 e. The first-order chi connectivity index (χ1) is 11.0. The number of pyridine rings is 2. The topological polar surface area (TPSA) is 37.8 Å². The summed E-state index contributed by atoms with van der Waals surface area (Å²) in [4.78, 5) is 9.39. The molecule has 0 spiro atoms. The van der Waals surface area contributed by atoms with Crippen LogP contribution in [0.4, 0.5) is 11.6 Å². The van der Waals surface area contributed by atoms with Crippen molar-refractivity contribution in [2.24, 2.45) is 11.8 Å². The molecule has 0 bridgehead atoms. The van der Waals surface area contributed by atoms with Crippen LogP contribution in [0.5, 0.6) is 0 Å². The molecule has 2 heterocycles. The van der Waals surface area contributed by atoms with E-state index >= 15 is 0 Å². The van der Waals surface area contributed by atoms with Gasteiger partial charge in [0, 0.05) is 11.4 Å². The molecule has 0 aliphatic rings. The number of nitrogens with one attached hydrogen (secondary N) is 1. The summed E-state index contributed by atoms with van der Waals surface area (Å²) in [6.07, 6.45) is 4.38. The van der Waals surface area contributed by atoms with Gasteiger partial charge in [0.25, 0.3) is 0 Å². The quantitative estimate of drug-likeness (QED) is 0.709. The molecule has 0 aliphatic heterocycles. The van der Waals surface area contributed by atoms with Gasteiger partial charge in [-0.2, -0.15) is 0 Å². The standard InChI is InChI=1S/C20H29N3/c1-15(2)11-13-17-7-5-9-19(21-17)23-20-10-6-8-18(22-20)14-12-16(3)4/h5-10,15-16H,11-14H2,1-4H3,(H,21,22,23). The van der Waals surface area contributed by atoms with Crippen LogP contribution in [0, 0.1) is 11.8 Å². The van der Waals surface area contributed by atoms with Gasteiger partial charge in [-0.25, -0.2) is 9.97 Å². The number of rotatable bonds is 8. The van der Waals surface area contributed by atoms with Crippen LogP contribution in [0.3, 0.4) is 0 Å². The molecule has 23 heavy (non-hydrogen) atoms. The number of nitrogens with zero attached hydrogens (tertiary/aromatic N) is 2. The molecule has 3 heteroatoms. The normalized spacial score (nSPS) is 11.2. The Hall–Kier alpha value is -1.90. The highest BCUT2D eigenvalue weighted by atomic mass is 15.1. The SMILES string of the molecule is CC(C)CCc1cccc(Nc2cccc(CCC(C)C)n2)n1. The van der Waals surface area contributed by atoms with Gasteiger partial charge in [-0.1, -0.05) is 39.8 Å². The summed E-state index contributed by atoms with van der Waals surface area (Å²) in [7, 11) is 0. The molecule has 0 aliphatic carbocycles. The predicted molar refractivity (Wildman–Crippen MR) is 98.1 cm³/mol. The Balaban J connectivity index is 2.01. The molecule has 124 valence electrons. The molecule has 1 N–H and O–H groups in total. The fraction of sp³-hybridized carbons (Fsp3) is 0.500. The summed E-state index contributed by atoms with van der Waals surface area (Å²) in [6, 6.07) is 12.3. The fourth-order valence-corrected chi connectivity index (χ4v) is 2.38. The van der Waals surface area contributed by atoms with E-state index in [9.17, 15) is 0 Å². The van der Waals surface area contributed by atoms with Gasteiger partial charge in [-0.15, -0.1) is 0 Å². The van der Waals surface area contributed by atoms with E-state index in [4.69, 9.17) is 9.97 Å². The Morgan fingerprint density at radius 3 is 1.57 bits per heavy atom. The molecule has 0 saturated carbocycles. The van der Waals surface area contributed by atoms with E-state index in [2.05, 4.69) is 57.3 Å². The van der Waals surface area contributed by atoms with Crippen LogP contribution >= 0.6 is 0 Å². The smallest absolute Gasteiger partial charge is 0.131 e. The van der Waals surface area contributed by atoms with Crippen molar-refractivity contribution in [1.82, 2.24) is 9.97 Å². The summed E-state index contributed by atoms with van der Waals surface area (Å²) in [6.45, 7) is 8.98. The molecule has 0 atom stereocenters. The van der Waals surface area contributed by atoms with Gasteiger partial charge in [-0.3, -0.25) is 0 Å². The van der Waals surface area contributed by atoms with Crippen LogP contribution in [0.25, 0.3) is 0 Å². The first-order valence-corrected chi connectivity index (χ1v) is 8.72. The second kappa shape index (κ2) is 8.66. The maximum Gasteiger partial charge on any atom is 0.131 e. The zero-order valence-corrected chi connectivity index (χ0v) is 14.8. The van der Waals surface area contributed by atoms with Crippen molar-refractivity contribution in [3.8, 4) is 0 Å². The molecule has 0 saturated heterocycles. The maximum atomic E-state index is 4.69. The molecule has 0 unspecified atom stereocenters. The van der Waals surface area contributed by atoms with Gasteiger partial charge >= 0.3 is 0 Å². The number of aromatic nitrogens is 2. The Kier molecular flexibility index (Phi) is 6.57. The molecule has 0 aromatic carbocycles. The number of anilines is 2. The van der Waals surface area contributed by atoms with Crippen molar-refractivity contribution in [2.45, 2.75) is 53.4 Å². The lowest BCUT2D eigenvalue weighted by Crippen LogP contribution is -2.02. The Morgan fingerprint density at radius 2 is 1.17 bits per heavy atom. The molecule has 0 fully saturated rings. The van der Waals surface area contributed by atoms with Crippen molar-refractivity contribution in [3.05, 3.63) is 47.8 Å². The van der Waals surface area contributed by atoms with Crippen molar-refractivity contribution in [1.29, 1.82) is 0 Å². The molecular formula is C20H29N3. The Bertz CT molecular complexity index is 552. The molecule has 2 aromatic rings. The molecule has 0 amide bonds. The van der Waals surface area contributed by atoms with E-state index in [1.165, 1.54) is 12.8 Å². The minimum atomic E-state index is 0.702. The van der Waals surface area contributed by atoms with Crippen molar-refractivity contribution < 1.29 is 0 Å². The molecule has 0 radical (unpaired) electrons. The lowest BCUT2D eigenvalue weighted by Gasteiger charge is -2.10. The van der Waals surface area contributed by atoms with Crippen LogP contribution in [0.2, 0.25) is 0 Å². The second-order valence-electron chi connectivity index (χ2n) is 7.02. The first kappa shape index (κ1) is 17.5. The predicted octanol–water partition coefficient (Wildman–Crippen LogP) is 5.40. The zero-order valence-electron chi connectivity index (χ0n) is 14.8. The van der Waals surface area contributed by atoms with Gasteiger partial charge in [0.05, 0.1) is 0 Å². The van der Waals surface area contributed by atoms with E-state index in [1.807, 2.05) is 12.1 Å². The van der Waals surface area contributed by atoms with Crippen molar-refractivity contribution >= 4 is 11.6 Å². The van der Waals surface area contributed by atoms with Crippen LogP contribution in [-0.2, 0) is 12.8 Å². The summed E-state index contributed by atoms with van der Waals surface area (Å²) < 4.78 is 0. The van der Waals surface area contributed by atoms with E-state index in [-0.39, 0.29) is 0 Å². The second-order valence-corrected chi connectivity index (χ2v) is 7.02. The van der Waals surface area contributed by atoms with Crippen molar-refractivity contribution in [2.75, 3.05) is 5.32 Å². The lowest BCUT2D eigenvalue weighted by molar-refractivity contribution is 0.581. The highest BCUT2D eigenvalue weighted by Gasteiger charge is 2.03. The third-order valence-corrected chi connectivity index (χ3v) is 3.83. The van der Waals surface area contributed by atoms with E-state index < -0.39 is 0 Å². The highest BCUT2D eigenvalue weighted by Crippen LogP contribution is 2.16. The summed E-state index contributed by atoms with van der Waals surface area (Å²) in [5, 5.41) is 3.34. The van der Waals surface area contributed by atoms with Gasteiger partial charge in [0.1, 0.15) is 11.6 Å². The highest BCUT2D eigenvalue weighted by molar-refractivity contribution is 5.51. The van der Waals surface area contributed by atoms with E-state index in [0.717, 1.165) is 35.9 Å². The Labute approximate surface area is 140 Å². The van der Waals surface area contributed by atoms with Gasteiger partial charge in [0.15, 0.2) is 0 Å². The van der Waals surface area contributed by atoms with Crippen LogP contribution in [0.1, 0.15) is 51.9 Å². The van der Waals surface area contributed by atoms with Gasteiger partial charge in [0.2, 0.25) is 0 Å². The van der Waals surface area contributed by atoms with Crippen LogP contribution in [-0.4, -0.2) is 9.97 Å². The maximum absolute atomic E-state index is 4.69. The average Bonchev–Trinajstić information content (AvgIpc) is 2.52. The van der Waals surface area contributed by atoms with Gasteiger partial charge in [-0.05, 0) is 61.8 Å². The van der Waals surface area contributed by atoms with Crippen LogP contribution in [0.15, 0.2) is 36.4 Å². The third kappa shape index (κ3) is 6.39. The average molecular weight is 311 g/mol. The fourth-order valence-electron chi connectivity index (χ4n) is 2.38. The third-order valence-electron chi connectivity index (χ3n) is 3.83. The molecule has 2 aromatic heterocycles. The summed E-state index contributed by atoms with van der Waals surface area (Å²) >= 11 is 0. The van der Waals surface area contributed by atoms with E-state index in [0.29, 0.717) is 11.8 Å². The van der Waals surface area contributed by atoms with Crippen LogP contribution < -0.4 is 5.32 Å². The largest absolute Gasteiger partial charge is 0.325 e. The van der Waals surface area contributed by atoms with Gasteiger partial charge < -0.3 is 5.32 Å². The number of hydrogen-bond donors (Lipinski definition) is 1. The van der Waals surface area contributed by atoms with E-state index in [1.54, 1.807) is 0 Å².